The molecule has 3 atom stereocenters. The SMILES string of the molecule is C=C(C)[C@@H]1CC/C(C)=C/CCC(C)=CCC[C@]2(CO)O[C@@H]2C1. The average Bonchev–Trinajstić information content (AvgIpc) is 3.16. The lowest BCUT2D eigenvalue weighted by atomic mass is 9.85. The highest BCUT2D eigenvalue weighted by Crippen LogP contribution is 2.45. The molecular weight excluding hydrogens is 272 g/mol. The van der Waals surface area contributed by atoms with E-state index in [-0.39, 0.29) is 18.3 Å². The van der Waals surface area contributed by atoms with E-state index in [2.05, 4.69) is 39.5 Å². The Morgan fingerprint density at radius 1 is 1.27 bits per heavy atom. The van der Waals surface area contributed by atoms with Crippen molar-refractivity contribution >= 4 is 0 Å². The summed E-state index contributed by atoms with van der Waals surface area (Å²) < 4.78 is 5.94. The van der Waals surface area contributed by atoms with Gasteiger partial charge in [-0.15, -0.1) is 0 Å². The molecule has 1 fully saturated rings. The van der Waals surface area contributed by atoms with Gasteiger partial charge in [0.2, 0.25) is 0 Å². The van der Waals surface area contributed by atoms with E-state index in [1.165, 1.54) is 16.7 Å². The number of rotatable bonds is 2. The molecule has 1 N–H and O–H groups in total. The number of fused-ring (bicyclic) bond motifs is 1. The van der Waals surface area contributed by atoms with Crippen molar-refractivity contribution in [1.29, 1.82) is 0 Å². The third-order valence-corrected chi connectivity index (χ3v) is 5.35. The summed E-state index contributed by atoms with van der Waals surface area (Å²) in [6.07, 6.45) is 12.4. The first-order valence-corrected chi connectivity index (χ1v) is 8.72. The van der Waals surface area contributed by atoms with Crippen LogP contribution in [0.4, 0.5) is 0 Å². The first-order valence-electron chi connectivity index (χ1n) is 8.72. The summed E-state index contributed by atoms with van der Waals surface area (Å²) >= 11 is 0. The molecule has 1 heterocycles. The number of ether oxygens (including phenoxy) is 1. The molecule has 0 radical (unpaired) electrons. The van der Waals surface area contributed by atoms with E-state index in [0.717, 1.165) is 44.9 Å². The largest absolute Gasteiger partial charge is 0.393 e. The molecule has 0 amide bonds. The molecule has 0 unspecified atom stereocenters. The zero-order valence-electron chi connectivity index (χ0n) is 14.5. The minimum absolute atomic E-state index is 0.145. The number of aliphatic hydroxyl groups excluding tert-OH is 1. The Kier molecular flexibility index (Phi) is 6.05. The molecule has 0 aromatic heterocycles. The summed E-state index contributed by atoms with van der Waals surface area (Å²) in [5.74, 6) is 0.502. The van der Waals surface area contributed by atoms with Crippen LogP contribution in [0.15, 0.2) is 35.5 Å². The van der Waals surface area contributed by atoms with Crippen molar-refractivity contribution in [3.8, 4) is 0 Å². The summed E-state index contributed by atoms with van der Waals surface area (Å²) in [7, 11) is 0. The number of allylic oxidation sites excluding steroid dienone is 5. The monoisotopic (exact) mass is 304 g/mol. The second kappa shape index (κ2) is 7.61. The Morgan fingerprint density at radius 3 is 2.64 bits per heavy atom. The number of hydrogen-bond acceptors (Lipinski definition) is 2. The quantitative estimate of drug-likeness (QED) is 0.578. The molecule has 1 saturated heterocycles. The molecule has 2 heteroatoms. The molecule has 22 heavy (non-hydrogen) atoms. The lowest BCUT2D eigenvalue weighted by Gasteiger charge is -2.18. The number of epoxide rings is 1. The summed E-state index contributed by atoms with van der Waals surface area (Å²) in [5, 5.41) is 9.75. The summed E-state index contributed by atoms with van der Waals surface area (Å²) in [6.45, 7) is 10.9. The van der Waals surface area contributed by atoms with Gasteiger partial charge in [0.05, 0.1) is 12.7 Å². The first-order chi connectivity index (χ1) is 10.5. The zero-order chi connectivity index (χ0) is 16.2. The Bertz CT molecular complexity index is 460. The highest BCUT2D eigenvalue weighted by molar-refractivity contribution is 5.11. The normalized spacial score (nSPS) is 36.4. The maximum Gasteiger partial charge on any atom is 0.118 e. The maximum atomic E-state index is 9.75. The molecule has 0 aromatic carbocycles. The van der Waals surface area contributed by atoms with Crippen LogP contribution in [0.5, 0.6) is 0 Å². The zero-order valence-corrected chi connectivity index (χ0v) is 14.5. The van der Waals surface area contributed by atoms with Gasteiger partial charge in [-0.1, -0.05) is 35.5 Å². The molecule has 0 spiro atoms. The topological polar surface area (TPSA) is 32.8 Å². The number of aliphatic hydroxyl groups is 1. The molecule has 124 valence electrons. The van der Waals surface area contributed by atoms with Crippen molar-refractivity contribution in [3.05, 3.63) is 35.5 Å². The summed E-state index contributed by atoms with van der Waals surface area (Å²) in [4.78, 5) is 0. The predicted molar refractivity (Wildman–Crippen MR) is 92.8 cm³/mol. The van der Waals surface area contributed by atoms with Crippen LogP contribution in [0.3, 0.4) is 0 Å². The van der Waals surface area contributed by atoms with Crippen LogP contribution in [-0.4, -0.2) is 23.4 Å². The van der Waals surface area contributed by atoms with Crippen LogP contribution >= 0.6 is 0 Å². The van der Waals surface area contributed by atoms with Gasteiger partial charge in [0.15, 0.2) is 0 Å². The van der Waals surface area contributed by atoms with Crippen LogP contribution in [-0.2, 0) is 4.74 Å². The highest BCUT2D eigenvalue weighted by Gasteiger charge is 2.55. The Labute approximate surface area is 136 Å². The van der Waals surface area contributed by atoms with Crippen molar-refractivity contribution in [2.24, 2.45) is 5.92 Å². The van der Waals surface area contributed by atoms with E-state index in [9.17, 15) is 5.11 Å². The van der Waals surface area contributed by atoms with Gasteiger partial charge in [-0.3, -0.25) is 0 Å². The van der Waals surface area contributed by atoms with Gasteiger partial charge in [0.1, 0.15) is 5.60 Å². The van der Waals surface area contributed by atoms with Crippen molar-refractivity contribution in [3.63, 3.8) is 0 Å². The van der Waals surface area contributed by atoms with Crippen LogP contribution in [0, 0.1) is 5.92 Å². The van der Waals surface area contributed by atoms with Crippen molar-refractivity contribution in [2.45, 2.75) is 77.4 Å². The first kappa shape index (κ1) is 17.5. The molecule has 1 aliphatic heterocycles. The molecule has 2 rings (SSSR count). The van der Waals surface area contributed by atoms with E-state index in [4.69, 9.17) is 4.74 Å². The van der Waals surface area contributed by atoms with E-state index >= 15 is 0 Å². The smallest absolute Gasteiger partial charge is 0.118 e. The second-order valence-electron chi connectivity index (χ2n) is 7.33. The molecule has 0 saturated carbocycles. The molecule has 0 aromatic rings. The minimum atomic E-state index is -0.278. The van der Waals surface area contributed by atoms with Crippen molar-refractivity contribution in [2.75, 3.05) is 6.61 Å². The second-order valence-corrected chi connectivity index (χ2v) is 7.33. The fraction of sp³-hybridized carbons (Fsp3) is 0.700. The van der Waals surface area contributed by atoms with Gasteiger partial charge in [0, 0.05) is 0 Å². The fourth-order valence-corrected chi connectivity index (χ4v) is 3.49. The van der Waals surface area contributed by atoms with E-state index in [1.54, 1.807) is 0 Å². The highest BCUT2D eigenvalue weighted by atomic mass is 16.6. The van der Waals surface area contributed by atoms with Crippen molar-refractivity contribution < 1.29 is 9.84 Å². The van der Waals surface area contributed by atoms with E-state index in [0.29, 0.717) is 5.92 Å². The average molecular weight is 304 g/mol. The Balaban J connectivity index is 2.08. The lowest BCUT2D eigenvalue weighted by Crippen LogP contribution is -2.22. The third kappa shape index (κ3) is 4.57. The number of hydrogen-bond donors (Lipinski definition) is 1. The van der Waals surface area contributed by atoms with Gasteiger partial charge in [0.25, 0.3) is 0 Å². The lowest BCUT2D eigenvalue weighted by molar-refractivity contribution is 0.164. The Morgan fingerprint density at radius 2 is 1.95 bits per heavy atom. The minimum Gasteiger partial charge on any atom is -0.393 e. The molecule has 2 aliphatic rings. The summed E-state index contributed by atoms with van der Waals surface area (Å²) in [6, 6.07) is 0. The van der Waals surface area contributed by atoms with Gasteiger partial charge in [-0.05, 0) is 71.6 Å². The van der Waals surface area contributed by atoms with E-state index in [1.807, 2.05) is 0 Å². The van der Waals surface area contributed by atoms with E-state index < -0.39 is 0 Å². The standard InChI is InChI=1S/C20H32O2/c1-15(2)18-11-10-17(4)8-5-7-16(3)9-6-12-20(14-21)19(13-18)22-20/h8-9,18-19,21H,1,5-7,10-14H2,2-4H3/b16-9?,17-8+/t18-,19-,20-/m1/s1. The van der Waals surface area contributed by atoms with Crippen LogP contribution < -0.4 is 0 Å². The van der Waals surface area contributed by atoms with Crippen LogP contribution in [0.2, 0.25) is 0 Å². The molecule has 2 nitrogen and oxygen atoms in total. The van der Waals surface area contributed by atoms with Crippen LogP contribution in [0.25, 0.3) is 0 Å². The molecule has 0 bridgehead atoms. The Hall–Kier alpha value is -0.860. The maximum absolute atomic E-state index is 9.75. The van der Waals surface area contributed by atoms with Crippen molar-refractivity contribution in [1.82, 2.24) is 0 Å². The van der Waals surface area contributed by atoms with Gasteiger partial charge >= 0.3 is 0 Å². The molecular formula is C20H32O2. The fourth-order valence-electron chi connectivity index (χ4n) is 3.49. The summed E-state index contributed by atoms with van der Waals surface area (Å²) in [5.41, 5.74) is 3.91. The van der Waals surface area contributed by atoms with Gasteiger partial charge < -0.3 is 9.84 Å². The molecule has 1 aliphatic carbocycles. The third-order valence-electron chi connectivity index (χ3n) is 5.35. The van der Waals surface area contributed by atoms with Gasteiger partial charge in [-0.2, -0.15) is 0 Å². The predicted octanol–water partition coefficient (Wildman–Crippen LogP) is 4.95. The van der Waals surface area contributed by atoms with Gasteiger partial charge in [-0.25, -0.2) is 0 Å². The van der Waals surface area contributed by atoms with Crippen LogP contribution in [0.1, 0.15) is 65.7 Å².